The molecule has 3 N–H and O–H groups in total. The van der Waals surface area contributed by atoms with Gasteiger partial charge >= 0.3 is 0 Å². The third-order valence-electron chi connectivity index (χ3n) is 7.75. The van der Waals surface area contributed by atoms with E-state index in [1.165, 1.54) is 0 Å². The number of nitrogens with one attached hydrogen (secondary N) is 1. The van der Waals surface area contributed by atoms with Crippen LogP contribution in [0.1, 0.15) is 54.4 Å². The summed E-state index contributed by atoms with van der Waals surface area (Å²) >= 11 is 0. The molecule has 3 aromatic heterocycles. The molecule has 0 bridgehead atoms. The maximum absolute atomic E-state index is 12.7. The first-order chi connectivity index (χ1) is 18.0. The van der Waals surface area contributed by atoms with Crippen LogP contribution in [-0.4, -0.2) is 57.9 Å². The Balaban J connectivity index is 0.972. The van der Waals surface area contributed by atoms with Gasteiger partial charge in [-0.3, -0.25) is 9.59 Å². The second-order valence-electron chi connectivity index (χ2n) is 10.5. The van der Waals surface area contributed by atoms with Crippen molar-refractivity contribution in [3.05, 3.63) is 54.0 Å². The van der Waals surface area contributed by atoms with Crippen molar-refractivity contribution < 1.29 is 23.8 Å². The van der Waals surface area contributed by atoms with Gasteiger partial charge in [-0.05, 0) is 55.4 Å². The van der Waals surface area contributed by atoms with Crippen LogP contribution in [0.2, 0.25) is 0 Å². The van der Waals surface area contributed by atoms with E-state index < -0.39 is 5.91 Å². The van der Waals surface area contributed by atoms with Crippen molar-refractivity contribution in [2.24, 2.45) is 11.1 Å². The topological polar surface area (TPSA) is 130 Å². The summed E-state index contributed by atoms with van der Waals surface area (Å²) in [6.45, 7) is 1.46. The lowest BCUT2D eigenvalue weighted by Crippen LogP contribution is -2.59. The molecule has 4 heterocycles. The molecule has 2 amide bonds. The van der Waals surface area contributed by atoms with Gasteiger partial charge in [-0.1, -0.05) is 0 Å². The Morgan fingerprint density at radius 3 is 2.70 bits per heavy atom. The summed E-state index contributed by atoms with van der Waals surface area (Å²) in [6, 6.07) is 7.36. The number of pyridine rings is 2. The summed E-state index contributed by atoms with van der Waals surface area (Å²) in [5, 5.41) is 7.60. The van der Waals surface area contributed by atoms with Gasteiger partial charge in [0.25, 0.3) is 5.91 Å². The van der Waals surface area contributed by atoms with E-state index in [-0.39, 0.29) is 36.0 Å². The third-order valence-corrected chi connectivity index (χ3v) is 7.75. The third kappa shape index (κ3) is 4.98. The van der Waals surface area contributed by atoms with E-state index in [0.717, 1.165) is 68.6 Å². The molecule has 2 saturated carbocycles. The van der Waals surface area contributed by atoms with Crippen LogP contribution in [0.5, 0.6) is 11.6 Å². The Bertz CT molecular complexity index is 1300. The van der Waals surface area contributed by atoms with Crippen LogP contribution in [-0.2, 0) is 16.0 Å². The first kappa shape index (κ1) is 23.7. The van der Waals surface area contributed by atoms with E-state index in [1.807, 2.05) is 18.3 Å². The van der Waals surface area contributed by atoms with Crippen molar-refractivity contribution >= 4 is 17.3 Å². The number of nitrogens with zero attached hydrogens (tertiary/aromatic N) is 3. The van der Waals surface area contributed by atoms with Crippen LogP contribution in [0.4, 0.5) is 0 Å². The highest BCUT2D eigenvalue weighted by Gasteiger charge is 2.54. The lowest BCUT2D eigenvalue weighted by atomic mass is 9.53. The highest BCUT2D eigenvalue weighted by atomic mass is 16.5. The predicted molar refractivity (Wildman–Crippen MR) is 133 cm³/mol. The quantitative estimate of drug-likeness (QED) is 0.481. The van der Waals surface area contributed by atoms with Crippen LogP contribution in [0.3, 0.4) is 0 Å². The molecule has 37 heavy (non-hydrogen) atoms. The molecule has 0 unspecified atom stereocenters. The summed E-state index contributed by atoms with van der Waals surface area (Å²) in [5.74, 6) is 0.534. The van der Waals surface area contributed by atoms with Crippen LogP contribution >= 0.6 is 0 Å². The molecule has 0 radical (unpaired) electrons. The number of hydrogen-bond donors (Lipinski definition) is 2. The smallest absolute Gasteiger partial charge is 0.254 e. The lowest BCUT2D eigenvalue weighted by molar-refractivity contribution is -0.127. The second kappa shape index (κ2) is 9.66. The molecule has 194 valence electrons. The van der Waals surface area contributed by atoms with Crippen molar-refractivity contribution in [2.45, 2.75) is 63.2 Å². The van der Waals surface area contributed by atoms with Crippen LogP contribution in [0, 0.1) is 5.41 Å². The number of hydrogen-bond acceptors (Lipinski definition) is 7. The zero-order valence-electron chi connectivity index (χ0n) is 20.6. The molecular formula is C27H31N5O5. The van der Waals surface area contributed by atoms with Gasteiger partial charge in [-0.15, -0.1) is 0 Å². The molecule has 3 aliphatic rings. The number of carbonyl (C=O) groups excluding carboxylic acids is 2. The number of carbonyl (C=O) groups is 2. The molecule has 1 aliphatic heterocycles. The lowest BCUT2D eigenvalue weighted by Gasteiger charge is -2.57. The molecule has 10 heteroatoms. The fourth-order valence-electron chi connectivity index (χ4n) is 5.90. The van der Waals surface area contributed by atoms with E-state index in [9.17, 15) is 9.59 Å². The predicted octanol–water partition coefficient (Wildman–Crippen LogP) is 2.43. The van der Waals surface area contributed by atoms with Crippen molar-refractivity contribution in [1.82, 2.24) is 19.9 Å². The van der Waals surface area contributed by atoms with E-state index >= 15 is 0 Å². The summed E-state index contributed by atoms with van der Waals surface area (Å²) in [7, 11) is 0. The van der Waals surface area contributed by atoms with Gasteiger partial charge in [0.05, 0.1) is 37.5 Å². The summed E-state index contributed by atoms with van der Waals surface area (Å²) in [6.07, 6.45) is 11.1. The zero-order chi connectivity index (χ0) is 25.4. The van der Waals surface area contributed by atoms with Gasteiger partial charge in [-0.25, -0.2) is 9.50 Å². The highest BCUT2D eigenvalue weighted by Crippen LogP contribution is 2.56. The minimum atomic E-state index is -0.543. The first-order valence-corrected chi connectivity index (χ1v) is 12.9. The molecule has 3 aromatic rings. The Labute approximate surface area is 214 Å². The fourth-order valence-corrected chi connectivity index (χ4v) is 5.90. The van der Waals surface area contributed by atoms with Crippen molar-refractivity contribution in [3.63, 3.8) is 0 Å². The SMILES string of the molecule is NC(=O)c1cccnc1OC1CC2(CC(NC(=O)Cc3cnn4cc(OC5CCOCC5)ccc34)C2)C1. The van der Waals surface area contributed by atoms with E-state index in [1.54, 1.807) is 29.0 Å². The average molecular weight is 506 g/mol. The normalized spacial score (nSPS) is 25.3. The van der Waals surface area contributed by atoms with Crippen LogP contribution < -0.4 is 20.5 Å². The van der Waals surface area contributed by atoms with Gasteiger partial charge in [-0.2, -0.15) is 5.10 Å². The van der Waals surface area contributed by atoms with Gasteiger partial charge in [0.1, 0.15) is 23.5 Å². The number of amides is 2. The van der Waals surface area contributed by atoms with Gasteiger partial charge in [0.2, 0.25) is 11.8 Å². The monoisotopic (exact) mass is 505 g/mol. The molecule has 3 fully saturated rings. The molecule has 1 saturated heterocycles. The average Bonchev–Trinajstić information content (AvgIpc) is 3.24. The first-order valence-electron chi connectivity index (χ1n) is 12.9. The number of primary amides is 1. The standard InChI is InChI=1S/C27H31N5O5/c28-25(34)22-2-1-7-29-26(22)37-21-13-27(14-21)11-18(12-27)31-24(33)10-17-15-30-32-16-20(3-4-23(17)32)36-19-5-8-35-9-6-19/h1-4,7,15-16,18-19,21H,5-6,8-14H2,(H2,28,34)(H,31,33). The number of nitrogens with two attached hydrogens (primary N) is 1. The molecular weight excluding hydrogens is 474 g/mol. The summed E-state index contributed by atoms with van der Waals surface area (Å²) < 4.78 is 19.2. The van der Waals surface area contributed by atoms with Crippen molar-refractivity contribution in [3.8, 4) is 11.6 Å². The van der Waals surface area contributed by atoms with E-state index in [0.29, 0.717) is 11.4 Å². The fraction of sp³-hybridized carbons (Fsp3) is 0.481. The number of rotatable bonds is 8. The number of ether oxygens (including phenoxy) is 3. The molecule has 2 aliphatic carbocycles. The van der Waals surface area contributed by atoms with Crippen LogP contribution in [0.25, 0.3) is 5.52 Å². The Morgan fingerprint density at radius 2 is 1.92 bits per heavy atom. The Kier molecular flexibility index (Phi) is 6.19. The minimum absolute atomic E-state index is 0.00370. The zero-order valence-corrected chi connectivity index (χ0v) is 20.6. The Hall–Kier alpha value is -3.66. The maximum Gasteiger partial charge on any atom is 0.254 e. The summed E-state index contributed by atoms with van der Waals surface area (Å²) in [5.41, 5.74) is 7.72. The molecule has 0 aromatic carbocycles. The minimum Gasteiger partial charge on any atom is -0.489 e. The molecule has 1 spiro atoms. The van der Waals surface area contributed by atoms with Crippen molar-refractivity contribution in [1.29, 1.82) is 0 Å². The summed E-state index contributed by atoms with van der Waals surface area (Å²) in [4.78, 5) is 28.5. The molecule has 0 atom stereocenters. The largest absolute Gasteiger partial charge is 0.489 e. The van der Waals surface area contributed by atoms with Gasteiger partial charge < -0.3 is 25.3 Å². The Morgan fingerprint density at radius 1 is 1.11 bits per heavy atom. The highest BCUT2D eigenvalue weighted by molar-refractivity contribution is 5.94. The molecule has 6 rings (SSSR count). The van der Waals surface area contributed by atoms with Crippen LogP contribution in [0.15, 0.2) is 42.9 Å². The number of aromatic nitrogens is 3. The number of fused-ring (bicyclic) bond motifs is 1. The van der Waals surface area contributed by atoms with E-state index in [2.05, 4.69) is 15.4 Å². The van der Waals surface area contributed by atoms with Gasteiger partial charge in [0.15, 0.2) is 0 Å². The van der Waals surface area contributed by atoms with Gasteiger partial charge in [0, 0.05) is 30.6 Å². The second-order valence-corrected chi connectivity index (χ2v) is 10.5. The molecule has 10 nitrogen and oxygen atoms in total. The van der Waals surface area contributed by atoms with Crippen molar-refractivity contribution in [2.75, 3.05) is 13.2 Å². The van der Waals surface area contributed by atoms with E-state index in [4.69, 9.17) is 19.9 Å². The maximum atomic E-state index is 12.7.